The van der Waals surface area contributed by atoms with Gasteiger partial charge >= 0.3 is 5.97 Å². The van der Waals surface area contributed by atoms with E-state index in [0.29, 0.717) is 5.69 Å². The maximum atomic E-state index is 13.4. The van der Waals surface area contributed by atoms with Gasteiger partial charge in [-0.3, -0.25) is 4.79 Å². The van der Waals surface area contributed by atoms with Crippen molar-refractivity contribution in [3.8, 4) is 0 Å². The van der Waals surface area contributed by atoms with Gasteiger partial charge in [0.2, 0.25) is 0 Å². The fourth-order valence-electron chi connectivity index (χ4n) is 2.73. The smallest absolute Gasteiger partial charge is 0.340 e. The van der Waals surface area contributed by atoms with Gasteiger partial charge in [0.15, 0.2) is 6.61 Å². The van der Waals surface area contributed by atoms with Crippen LogP contribution in [0.4, 0.5) is 10.1 Å². The Labute approximate surface area is 153 Å². The molecule has 4 nitrogen and oxygen atoms in total. The van der Waals surface area contributed by atoms with Crippen molar-refractivity contribution in [3.63, 3.8) is 0 Å². The molecule has 1 N–H and O–H groups in total. The summed E-state index contributed by atoms with van der Waals surface area (Å²) < 4.78 is 18.3. The molecule has 0 fully saturated rings. The molecule has 0 radical (unpaired) electrons. The number of fused-ring (bicyclic) bond motifs is 1. The molecule has 0 saturated carbocycles. The summed E-state index contributed by atoms with van der Waals surface area (Å²) in [5.74, 6) is -2.18. The molecule has 3 rings (SSSR count). The molecule has 2 aromatic carbocycles. The van der Waals surface area contributed by atoms with E-state index < -0.39 is 24.3 Å². The van der Waals surface area contributed by atoms with Crippen molar-refractivity contribution in [3.05, 3.63) is 62.9 Å². The molecule has 0 spiro atoms. The Kier molecular flexibility index (Phi) is 5.25. The molecule has 25 heavy (non-hydrogen) atoms. The molecular formula is C18H14Cl2FNO3. The van der Waals surface area contributed by atoms with Crippen LogP contribution in [0.1, 0.15) is 27.9 Å². The highest BCUT2D eigenvalue weighted by atomic mass is 35.5. The first-order chi connectivity index (χ1) is 11.9. The molecular weight excluding hydrogens is 368 g/mol. The molecule has 0 saturated heterocycles. The first-order valence-electron chi connectivity index (χ1n) is 7.67. The van der Waals surface area contributed by atoms with E-state index in [0.717, 1.165) is 31.4 Å². The van der Waals surface area contributed by atoms with E-state index in [-0.39, 0.29) is 15.6 Å². The van der Waals surface area contributed by atoms with E-state index in [2.05, 4.69) is 5.32 Å². The van der Waals surface area contributed by atoms with Crippen molar-refractivity contribution < 1.29 is 18.7 Å². The number of anilines is 1. The van der Waals surface area contributed by atoms with Crippen molar-refractivity contribution in [1.29, 1.82) is 0 Å². The molecule has 0 bridgehead atoms. The number of benzene rings is 2. The predicted octanol–water partition coefficient (Wildman–Crippen LogP) is 4.42. The third-order valence-electron chi connectivity index (χ3n) is 3.95. The summed E-state index contributed by atoms with van der Waals surface area (Å²) >= 11 is 11.4. The van der Waals surface area contributed by atoms with Crippen molar-refractivity contribution >= 4 is 40.8 Å². The Bertz CT molecular complexity index is 854. The van der Waals surface area contributed by atoms with Gasteiger partial charge in [0.1, 0.15) is 5.82 Å². The number of carbonyl (C=O) groups is 2. The summed E-state index contributed by atoms with van der Waals surface area (Å²) in [7, 11) is 0. The van der Waals surface area contributed by atoms with Gasteiger partial charge < -0.3 is 10.1 Å². The van der Waals surface area contributed by atoms with Gasteiger partial charge in [0.25, 0.3) is 5.91 Å². The molecule has 7 heteroatoms. The Balaban J connectivity index is 1.59. The van der Waals surface area contributed by atoms with Crippen LogP contribution in [0.2, 0.25) is 10.0 Å². The molecule has 0 aromatic heterocycles. The molecule has 1 aliphatic carbocycles. The lowest BCUT2D eigenvalue weighted by Crippen LogP contribution is -2.21. The minimum absolute atomic E-state index is 0.0459. The number of ether oxygens (including phenoxy) is 1. The van der Waals surface area contributed by atoms with Gasteiger partial charge in [0.05, 0.1) is 15.6 Å². The standard InChI is InChI=1S/C18H14Cl2FNO3/c19-14-8-15(20)16(21)7-13(14)18(24)25-9-17(23)22-12-5-4-10-2-1-3-11(10)6-12/h4-8H,1-3,9H2,(H,22,23). The van der Waals surface area contributed by atoms with Crippen molar-refractivity contribution in [2.45, 2.75) is 19.3 Å². The lowest BCUT2D eigenvalue weighted by Gasteiger charge is -2.09. The number of esters is 1. The van der Waals surface area contributed by atoms with E-state index in [1.807, 2.05) is 18.2 Å². The van der Waals surface area contributed by atoms with Crippen LogP contribution in [0, 0.1) is 5.82 Å². The summed E-state index contributed by atoms with van der Waals surface area (Å²) in [5.41, 5.74) is 2.98. The second-order valence-electron chi connectivity index (χ2n) is 5.71. The van der Waals surface area contributed by atoms with E-state index in [1.54, 1.807) is 0 Å². The number of hydrogen-bond acceptors (Lipinski definition) is 3. The highest BCUT2D eigenvalue weighted by Gasteiger charge is 2.17. The largest absolute Gasteiger partial charge is 0.452 e. The lowest BCUT2D eigenvalue weighted by atomic mass is 10.1. The summed E-state index contributed by atoms with van der Waals surface area (Å²) in [5, 5.41) is 2.43. The molecule has 0 aliphatic heterocycles. The molecule has 0 heterocycles. The number of aryl methyl sites for hydroxylation is 2. The first kappa shape index (κ1) is 17.7. The van der Waals surface area contributed by atoms with Crippen molar-refractivity contribution in [1.82, 2.24) is 0 Å². The average Bonchev–Trinajstić information content (AvgIpc) is 3.03. The lowest BCUT2D eigenvalue weighted by molar-refractivity contribution is -0.119. The Morgan fingerprint density at radius 1 is 1.08 bits per heavy atom. The van der Waals surface area contributed by atoms with E-state index >= 15 is 0 Å². The third-order valence-corrected chi connectivity index (χ3v) is 4.55. The second kappa shape index (κ2) is 7.42. The van der Waals surface area contributed by atoms with Crippen LogP contribution in [0.25, 0.3) is 0 Å². The molecule has 2 aromatic rings. The zero-order chi connectivity index (χ0) is 18.0. The number of rotatable bonds is 4. The van der Waals surface area contributed by atoms with Gasteiger partial charge in [-0.1, -0.05) is 29.3 Å². The van der Waals surface area contributed by atoms with E-state index in [4.69, 9.17) is 27.9 Å². The molecule has 130 valence electrons. The third kappa shape index (κ3) is 4.11. The van der Waals surface area contributed by atoms with Gasteiger partial charge in [0, 0.05) is 5.69 Å². The average molecular weight is 382 g/mol. The molecule has 0 atom stereocenters. The predicted molar refractivity (Wildman–Crippen MR) is 93.8 cm³/mol. The number of carbonyl (C=O) groups excluding carboxylic acids is 2. The summed E-state index contributed by atoms with van der Waals surface area (Å²) in [6.45, 7) is -0.503. The fourth-order valence-corrected chi connectivity index (χ4v) is 3.19. The minimum atomic E-state index is -0.898. The van der Waals surface area contributed by atoms with Crippen LogP contribution < -0.4 is 5.32 Å². The second-order valence-corrected chi connectivity index (χ2v) is 6.52. The number of amides is 1. The molecule has 1 aliphatic rings. The Hall–Kier alpha value is -2.11. The van der Waals surface area contributed by atoms with Gasteiger partial charge in [-0.15, -0.1) is 0 Å². The minimum Gasteiger partial charge on any atom is -0.452 e. The van der Waals surface area contributed by atoms with Crippen molar-refractivity contribution in [2.24, 2.45) is 0 Å². The van der Waals surface area contributed by atoms with Gasteiger partial charge in [-0.2, -0.15) is 0 Å². The van der Waals surface area contributed by atoms with Crippen LogP contribution >= 0.6 is 23.2 Å². The maximum Gasteiger partial charge on any atom is 0.340 e. The first-order valence-corrected chi connectivity index (χ1v) is 8.43. The summed E-state index contributed by atoms with van der Waals surface area (Å²) in [6.07, 6.45) is 3.16. The fraction of sp³-hybridized carbons (Fsp3) is 0.222. The molecule has 0 unspecified atom stereocenters. The zero-order valence-corrected chi connectivity index (χ0v) is 14.6. The highest BCUT2D eigenvalue weighted by molar-refractivity contribution is 6.36. The number of nitrogens with one attached hydrogen (secondary N) is 1. The maximum absolute atomic E-state index is 13.4. The van der Waals surface area contributed by atoms with Crippen molar-refractivity contribution in [2.75, 3.05) is 11.9 Å². The van der Waals surface area contributed by atoms with E-state index in [1.165, 1.54) is 11.1 Å². The van der Waals surface area contributed by atoms with Crippen LogP contribution in [0.15, 0.2) is 30.3 Å². The number of hydrogen-bond donors (Lipinski definition) is 1. The Morgan fingerprint density at radius 3 is 2.64 bits per heavy atom. The van der Waals surface area contributed by atoms with Crippen LogP contribution in [0.5, 0.6) is 0 Å². The Morgan fingerprint density at radius 2 is 1.84 bits per heavy atom. The highest BCUT2D eigenvalue weighted by Crippen LogP contribution is 2.26. The zero-order valence-electron chi connectivity index (χ0n) is 13.1. The van der Waals surface area contributed by atoms with Crippen LogP contribution in [0.3, 0.4) is 0 Å². The summed E-state index contributed by atoms with van der Waals surface area (Å²) in [6, 6.07) is 7.72. The normalized spacial score (nSPS) is 12.6. The van der Waals surface area contributed by atoms with Gasteiger partial charge in [-0.05, 0) is 54.7 Å². The topological polar surface area (TPSA) is 55.4 Å². The van der Waals surface area contributed by atoms with Crippen LogP contribution in [-0.2, 0) is 22.4 Å². The number of halogens is 3. The monoisotopic (exact) mass is 381 g/mol. The quantitative estimate of drug-likeness (QED) is 0.629. The summed E-state index contributed by atoms with van der Waals surface area (Å²) in [4.78, 5) is 23.9. The van der Waals surface area contributed by atoms with Gasteiger partial charge in [-0.25, -0.2) is 9.18 Å². The van der Waals surface area contributed by atoms with Crippen LogP contribution in [-0.4, -0.2) is 18.5 Å². The van der Waals surface area contributed by atoms with E-state index in [9.17, 15) is 14.0 Å². The SMILES string of the molecule is O=C(COC(=O)c1cc(F)c(Cl)cc1Cl)Nc1ccc2c(c1)CCC2. The molecule has 1 amide bonds.